The van der Waals surface area contributed by atoms with Crippen LogP contribution in [0.3, 0.4) is 0 Å². The first-order valence-electron chi connectivity index (χ1n) is 8.57. The van der Waals surface area contributed by atoms with Crippen molar-refractivity contribution in [2.24, 2.45) is 11.8 Å². The molecular formula is C20H23NO3S. The number of amides is 1. The summed E-state index contributed by atoms with van der Waals surface area (Å²) >= 11 is 0. The molecule has 5 heteroatoms. The molecule has 0 saturated carbocycles. The highest BCUT2D eigenvalue weighted by Crippen LogP contribution is 2.24. The summed E-state index contributed by atoms with van der Waals surface area (Å²) in [5.74, 6) is 0.956. The molecule has 0 bridgehead atoms. The molecule has 1 aliphatic heterocycles. The SMILES string of the molecule is C[C@H]1C[C@H](C)CN(C(=O)c2ccc(S(=O)(=O)c3ccccc3)cc2)C1. The molecule has 2 aromatic carbocycles. The van der Waals surface area contributed by atoms with Crippen molar-refractivity contribution in [2.75, 3.05) is 13.1 Å². The molecule has 1 aliphatic rings. The monoisotopic (exact) mass is 357 g/mol. The molecule has 1 saturated heterocycles. The second kappa shape index (κ2) is 7.00. The summed E-state index contributed by atoms with van der Waals surface area (Å²) in [6, 6.07) is 14.6. The van der Waals surface area contributed by atoms with Gasteiger partial charge in [-0.05, 0) is 54.7 Å². The van der Waals surface area contributed by atoms with E-state index in [-0.39, 0.29) is 15.7 Å². The first-order valence-corrected chi connectivity index (χ1v) is 10.1. The summed E-state index contributed by atoms with van der Waals surface area (Å²) in [6.45, 7) is 5.83. The molecule has 4 nitrogen and oxygen atoms in total. The van der Waals surface area contributed by atoms with Gasteiger partial charge in [0.2, 0.25) is 9.84 Å². The number of hydrogen-bond donors (Lipinski definition) is 0. The van der Waals surface area contributed by atoms with Gasteiger partial charge < -0.3 is 4.90 Å². The lowest BCUT2D eigenvalue weighted by molar-refractivity contribution is 0.0623. The van der Waals surface area contributed by atoms with Crippen LogP contribution in [0.2, 0.25) is 0 Å². The number of benzene rings is 2. The van der Waals surface area contributed by atoms with Crippen molar-refractivity contribution >= 4 is 15.7 Å². The van der Waals surface area contributed by atoms with Crippen LogP contribution in [0.1, 0.15) is 30.6 Å². The molecule has 25 heavy (non-hydrogen) atoms. The van der Waals surface area contributed by atoms with E-state index in [1.54, 1.807) is 42.5 Å². The molecule has 0 aromatic heterocycles. The quantitative estimate of drug-likeness (QED) is 0.843. The molecule has 1 fully saturated rings. The van der Waals surface area contributed by atoms with Crippen LogP contribution < -0.4 is 0 Å². The zero-order valence-corrected chi connectivity index (χ0v) is 15.4. The van der Waals surface area contributed by atoms with Gasteiger partial charge in [0.25, 0.3) is 5.91 Å². The van der Waals surface area contributed by atoms with Crippen LogP contribution in [0.5, 0.6) is 0 Å². The van der Waals surface area contributed by atoms with E-state index in [9.17, 15) is 13.2 Å². The molecule has 3 rings (SSSR count). The Labute approximate surface area is 149 Å². The predicted octanol–water partition coefficient (Wildman–Crippen LogP) is 3.64. The minimum Gasteiger partial charge on any atom is -0.338 e. The van der Waals surface area contributed by atoms with Gasteiger partial charge >= 0.3 is 0 Å². The molecule has 0 aliphatic carbocycles. The lowest BCUT2D eigenvalue weighted by atomic mass is 9.91. The van der Waals surface area contributed by atoms with E-state index in [0.29, 0.717) is 17.4 Å². The van der Waals surface area contributed by atoms with Crippen LogP contribution in [0.4, 0.5) is 0 Å². The molecule has 2 aromatic rings. The van der Waals surface area contributed by atoms with Crippen molar-refractivity contribution in [3.05, 3.63) is 60.2 Å². The van der Waals surface area contributed by atoms with E-state index in [2.05, 4.69) is 13.8 Å². The summed E-state index contributed by atoms with van der Waals surface area (Å²) in [7, 11) is -3.55. The highest BCUT2D eigenvalue weighted by Gasteiger charge is 2.26. The van der Waals surface area contributed by atoms with E-state index < -0.39 is 9.84 Å². The zero-order valence-electron chi connectivity index (χ0n) is 14.6. The third kappa shape index (κ3) is 3.76. The number of rotatable bonds is 3. The first kappa shape index (κ1) is 17.7. The van der Waals surface area contributed by atoms with E-state index >= 15 is 0 Å². The fraction of sp³-hybridized carbons (Fsp3) is 0.350. The van der Waals surface area contributed by atoms with Gasteiger partial charge in [-0.1, -0.05) is 32.0 Å². The minimum absolute atomic E-state index is 0.0259. The number of hydrogen-bond acceptors (Lipinski definition) is 3. The maximum absolute atomic E-state index is 12.7. The maximum Gasteiger partial charge on any atom is 0.253 e. The van der Waals surface area contributed by atoms with Crippen LogP contribution in [0.25, 0.3) is 0 Å². The summed E-state index contributed by atoms with van der Waals surface area (Å²) < 4.78 is 25.2. The van der Waals surface area contributed by atoms with E-state index in [1.165, 1.54) is 12.1 Å². The Morgan fingerprint density at radius 3 is 1.96 bits per heavy atom. The minimum atomic E-state index is -3.55. The molecule has 0 spiro atoms. The third-order valence-electron chi connectivity index (χ3n) is 4.62. The molecule has 0 unspecified atom stereocenters. The number of sulfone groups is 1. The molecule has 2 atom stereocenters. The van der Waals surface area contributed by atoms with Gasteiger partial charge in [-0.15, -0.1) is 0 Å². The number of carbonyl (C=O) groups is 1. The average Bonchev–Trinajstić information content (AvgIpc) is 2.61. The highest BCUT2D eigenvalue weighted by molar-refractivity contribution is 7.91. The highest BCUT2D eigenvalue weighted by atomic mass is 32.2. The fourth-order valence-corrected chi connectivity index (χ4v) is 4.81. The number of piperidine rings is 1. The Morgan fingerprint density at radius 1 is 0.880 bits per heavy atom. The van der Waals surface area contributed by atoms with E-state index in [0.717, 1.165) is 19.5 Å². The van der Waals surface area contributed by atoms with Crippen molar-refractivity contribution in [1.29, 1.82) is 0 Å². The largest absolute Gasteiger partial charge is 0.338 e. The van der Waals surface area contributed by atoms with Crippen molar-refractivity contribution in [2.45, 2.75) is 30.1 Å². The van der Waals surface area contributed by atoms with Crippen LogP contribution in [0.15, 0.2) is 64.4 Å². The molecular weight excluding hydrogens is 334 g/mol. The van der Waals surface area contributed by atoms with Crippen molar-refractivity contribution < 1.29 is 13.2 Å². The van der Waals surface area contributed by atoms with E-state index in [1.807, 2.05) is 4.90 Å². The Morgan fingerprint density at radius 2 is 1.40 bits per heavy atom. The van der Waals surface area contributed by atoms with Crippen LogP contribution in [-0.4, -0.2) is 32.3 Å². The summed E-state index contributed by atoms with van der Waals surface area (Å²) in [5, 5.41) is 0. The second-order valence-corrected chi connectivity index (χ2v) is 8.95. The molecule has 0 N–H and O–H groups in total. The van der Waals surface area contributed by atoms with E-state index in [4.69, 9.17) is 0 Å². The van der Waals surface area contributed by atoms with Crippen LogP contribution >= 0.6 is 0 Å². The fourth-order valence-electron chi connectivity index (χ4n) is 3.52. The Bertz CT molecular complexity index is 834. The normalized spacial score (nSPS) is 21.1. The lowest BCUT2D eigenvalue weighted by Crippen LogP contribution is -2.42. The molecule has 0 radical (unpaired) electrons. The Kier molecular flexibility index (Phi) is 4.95. The van der Waals surface area contributed by atoms with Crippen molar-refractivity contribution in [3.8, 4) is 0 Å². The van der Waals surface area contributed by atoms with Crippen LogP contribution in [-0.2, 0) is 9.84 Å². The molecule has 1 heterocycles. The number of carbonyl (C=O) groups excluding carboxylic acids is 1. The number of nitrogens with zero attached hydrogens (tertiary/aromatic N) is 1. The second-order valence-electron chi connectivity index (χ2n) is 7.00. The number of likely N-dealkylation sites (tertiary alicyclic amines) is 1. The standard InChI is InChI=1S/C20H23NO3S/c1-15-12-16(2)14-21(13-15)20(22)17-8-10-19(11-9-17)25(23,24)18-6-4-3-5-7-18/h3-11,15-16H,12-14H2,1-2H3/t15-,16-/m0/s1. The third-order valence-corrected chi connectivity index (χ3v) is 6.41. The van der Waals surface area contributed by atoms with Gasteiger partial charge in [0.05, 0.1) is 9.79 Å². The smallest absolute Gasteiger partial charge is 0.253 e. The first-order chi connectivity index (χ1) is 11.9. The molecule has 1 amide bonds. The Balaban J connectivity index is 1.82. The van der Waals surface area contributed by atoms with Gasteiger partial charge in [-0.2, -0.15) is 0 Å². The van der Waals surface area contributed by atoms with Gasteiger partial charge in [0.1, 0.15) is 0 Å². The Hall–Kier alpha value is -2.14. The van der Waals surface area contributed by atoms with Crippen molar-refractivity contribution in [3.63, 3.8) is 0 Å². The zero-order chi connectivity index (χ0) is 18.0. The van der Waals surface area contributed by atoms with Gasteiger partial charge in [0.15, 0.2) is 0 Å². The van der Waals surface area contributed by atoms with Gasteiger partial charge in [-0.3, -0.25) is 4.79 Å². The van der Waals surface area contributed by atoms with Crippen LogP contribution in [0, 0.1) is 11.8 Å². The lowest BCUT2D eigenvalue weighted by Gasteiger charge is -2.35. The van der Waals surface area contributed by atoms with Gasteiger partial charge in [-0.25, -0.2) is 8.42 Å². The average molecular weight is 357 g/mol. The molecule has 132 valence electrons. The summed E-state index contributed by atoms with van der Waals surface area (Å²) in [5.41, 5.74) is 0.535. The summed E-state index contributed by atoms with van der Waals surface area (Å²) in [6.07, 6.45) is 1.14. The van der Waals surface area contributed by atoms with Gasteiger partial charge in [0, 0.05) is 18.7 Å². The maximum atomic E-state index is 12.7. The predicted molar refractivity (Wildman–Crippen MR) is 97.2 cm³/mol. The topological polar surface area (TPSA) is 54.5 Å². The summed E-state index contributed by atoms with van der Waals surface area (Å²) in [4.78, 5) is 15.0. The van der Waals surface area contributed by atoms with Crippen molar-refractivity contribution in [1.82, 2.24) is 4.90 Å².